The van der Waals surface area contributed by atoms with Crippen LogP contribution in [0.2, 0.25) is 10.0 Å². The summed E-state index contributed by atoms with van der Waals surface area (Å²) < 4.78 is 7.72. The van der Waals surface area contributed by atoms with Crippen molar-refractivity contribution in [2.24, 2.45) is 0 Å². The summed E-state index contributed by atoms with van der Waals surface area (Å²) in [5.41, 5.74) is 7.16. The number of hydrogen-bond acceptors (Lipinski definition) is 4. The lowest BCUT2D eigenvalue weighted by Crippen LogP contribution is -2.30. The number of oxazole rings is 1. The van der Waals surface area contributed by atoms with Gasteiger partial charge in [0.2, 0.25) is 5.71 Å². The molecule has 0 atom stereocenters. The molecule has 1 aromatic carbocycles. The van der Waals surface area contributed by atoms with Crippen molar-refractivity contribution in [3.63, 3.8) is 0 Å². The van der Waals surface area contributed by atoms with E-state index < -0.39 is 0 Å². The quantitative estimate of drug-likeness (QED) is 0.730. The highest BCUT2D eigenvalue weighted by molar-refractivity contribution is 6.36. The van der Waals surface area contributed by atoms with Gasteiger partial charge in [0.1, 0.15) is 17.1 Å². The van der Waals surface area contributed by atoms with Crippen LogP contribution in [-0.4, -0.2) is 23.7 Å². The summed E-state index contributed by atoms with van der Waals surface area (Å²) in [5.74, 6) is 0.748. The van der Waals surface area contributed by atoms with Crippen molar-refractivity contribution in [1.29, 1.82) is 0 Å². The van der Waals surface area contributed by atoms with Gasteiger partial charge in [0.15, 0.2) is 0 Å². The van der Waals surface area contributed by atoms with Gasteiger partial charge >= 0.3 is 0 Å². The minimum atomic E-state index is 0.565. The van der Waals surface area contributed by atoms with Crippen molar-refractivity contribution in [1.82, 2.24) is 15.0 Å². The lowest BCUT2D eigenvalue weighted by atomic mass is 10.1. The van der Waals surface area contributed by atoms with Gasteiger partial charge in [0.05, 0.1) is 10.7 Å². The number of rotatable bonds is 3. The van der Waals surface area contributed by atoms with Crippen LogP contribution in [0.5, 0.6) is 0 Å². The Morgan fingerprint density at radius 1 is 1.27 bits per heavy atom. The highest BCUT2D eigenvalue weighted by atomic mass is 35.5. The SMILES string of the molecule is CNN(C)c1c(C)nn2c(-c3ccc(Cl)cc3Cl)c(C)oc12. The van der Waals surface area contributed by atoms with Gasteiger partial charge in [0.25, 0.3) is 0 Å². The van der Waals surface area contributed by atoms with Crippen molar-refractivity contribution >= 4 is 34.6 Å². The van der Waals surface area contributed by atoms with Crippen LogP contribution in [0.25, 0.3) is 17.0 Å². The second-order valence-electron chi connectivity index (χ2n) is 5.06. The Balaban J connectivity index is 2.29. The largest absolute Gasteiger partial charge is 0.439 e. The van der Waals surface area contributed by atoms with Crippen molar-refractivity contribution in [3.05, 3.63) is 39.7 Å². The van der Waals surface area contributed by atoms with Gasteiger partial charge in [-0.3, -0.25) is 0 Å². The first-order valence-electron chi connectivity index (χ1n) is 6.79. The lowest BCUT2D eigenvalue weighted by molar-refractivity contribution is 0.571. The van der Waals surface area contributed by atoms with E-state index in [9.17, 15) is 0 Å². The molecule has 0 saturated heterocycles. The van der Waals surface area contributed by atoms with Gasteiger partial charge in [-0.2, -0.15) is 9.61 Å². The number of fused-ring (bicyclic) bond motifs is 1. The summed E-state index contributed by atoms with van der Waals surface area (Å²) in [7, 11) is 3.76. The topological polar surface area (TPSA) is 45.7 Å². The number of aromatic nitrogens is 2. The number of nitrogens with one attached hydrogen (secondary N) is 1. The first-order chi connectivity index (χ1) is 10.4. The first kappa shape index (κ1) is 15.2. The van der Waals surface area contributed by atoms with Crippen molar-refractivity contribution in [2.75, 3.05) is 19.1 Å². The zero-order chi connectivity index (χ0) is 16.0. The third-order valence-electron chi connectivity index (χ3n) is 3.64. The second-order valence-corrected chi connectivity index (χ2v) is 5.91. The Labute approximate surface area is 138 Å². The number of aryl methyl sites for hydroxylation is 2. The molecule has 0 aliphatic rings. The van der Waals surface area contributed by atoms with Crippen molar-refractivity contribution in [3.8, 4) is 11.3 Å². The van der Waals surface area contributed by atoms with Crippen LogP contribution < -0.4 is 10.4 Å². The molecule has 2 aromatic heterocycles. The molecule has 0 unspecified atom stereocenters. The summed E-state index contributed by atoms with van der Waals surface area (Å²) in [5, 5.41) is 7.62. The summed E-state index contributed by atoms with van der Waals surface area (Å²) >= 11 is 12.3. The van der Waals surface area contributed by atoms with Crippen LogP contribution in [0.1, 0.15) is 11.5 Å². The summed E-state index contributed by atoms with van der Waals surface area (Å²) in [6.45, 7) is 3.84. The number of halogens is 2. The monoisotopic (exact) mass is 338 g/mol. The Kier molecular flexibility index (Phi) is 3.80. The van der Waals surface area contributed by atoms with E-state index >= 15 is 0 Å². The predicted molar refractivity (Wildman–Crippen MR) is 89.9 cm³/mol. The van der Waals surface area contributed by atoms with E-state index in [0.29, 0.717) is 15.8 Å². The van der Waals surface area contributed by atoms with Gasteiger partial charge in [-0.05, 0) is 32.0 Å². The fourth-order valence-electron chi connectivity index (χ4n) is 2.57. The number of anilines is 1. The molecule has 0 saturated carbocycles. The van der Waals surface area contributed by atoms with Crippen LogP contribution in [0.15, 0.2) is 22.6 Å². The van der Waals surface area contributed by atoms with E-state index in [1.165, 1.54) is 0 Å². The van der Waals surface area contributed by atoms with Crippen LogP contribution >= 0.6 is 23.2 Å². The number of hydrogen-bond donors (Lipinski definition) is 1. The molecule has 2 heterocycles. The molecule has 0 spiro atoms. The predicted octanol–water partition coefficient (Wildman–Crippen LogP) is 4.09. The van der Waals surface area contributed by atoms with Gasteiger partial charge in [0, 0.05) is 24.7 Å². The molecule has 3 rings (SSSR count). The molecule has 0 fully saturated rings. The third kappa shape index (κ3) is 2.26. The molecule has 0 aliphatic carbocycles. The molecular formula is C15H16Cl2N4O. The zero-order valence-corrected chi connectivity index (χ0v) is 14.2. The molecule has 0 amide bonds. The minimum Gasteiger partial charge on any atom is -0.439 e. The van der Waals surface area contributed by atoms with Crippen LogP contribution in [-0.2, 0) is 0 Å². The maximum atomic E-state index is 6.34. The fraction of sp³-hybridized carbons (Fsp3) is 0.267. The van der Waals surface area contributed by atoms with Gasteiger partial charge in [-0.1, -0.05) is 23.2 Å². The zero-order valence-electron chi connectivity index (χ0n) is 12.7. The van der Waals surface area contributed by atoms with E-state index in [0.717, 1.165) is 28.4 Å². The number of nitrogens with zero attached hydrogens (tertiary/aromatic N) is 3. The molecule has 1 N–H and O–H groups in total. The maximum absolute atomic E-state index is 6.34. The van der Waals surface area contributed by atoms with E-state index in [1.54, 1.807) is 16.6 Å². The molecule has 0 radical (unpaired) electrons. The fourth-order valence-corrected chi connectivity index (χ4v) is 3.06. The number of hydrazine groups is 1. The van der Waals surface area contributed by atoms with Crippen LogP contribution in [0.4, 0.5) is 5.69 Å². The summed E-state index contributed by atoms with van der Waals surface area (Å²) in [6.07, 6.45) is 0. The van der Waals surface area contributed by atoms with E-state index in [4.69, 9.17) is 27.6 Å². The van der Waals surface area contributed by atoms with Crippen molar-refractivity contribution < 1.29 is 4.42 Å². The normalized spacial score (nSPS) is 11.4. The molecule has 3 aromatic rings. The maximum Gasteiger partial charge on any atom is 0.248 e. The van der Waals surface area contributed by atoms with Crippen molar-refractivity contribution in [2.45, 2.75) is 13.8 Å². The average Bonchev–Trinajstić information content (AvgIpc) is 2.92. The molecule has 116 valence electrons. The van der Waals surface area contributed by atoms with Crippen LogP contribution in [0.3, 0.4) is 0 Å². The van der Waals surface area contributed by atoms with Crippen LogP contribution in [0, 0.1) is 13.8 Å². The Morgan fingerprint density at radius 3 is 2.64 bits per heavy atom. The Hall–Kier alpha value is -1.69. The smallest absolute Gasteiger partial charge is 0.248 e. The molecule has 7 heteroatoms. The Morgan fingerprint density at radius 2 is 2.00 bits per heavy atom. The average molecular weight is 339 g/mol. The highest BCUT2D eigenvalue weighted by Crippen LogP contribution is 2.37. The number of benzene rings is 1. The standard InChI is InChI=1S/C15H16Cl2N4O/c1-8-13(20(4)18-3)15-21(19-8)14(9(2)22-15)11-6-5-10(16)7-12(11)17/h5-7,18H,1-4H3. The molecule has 0 bridgehead atoms. The summed E-state index contributed by atoms with van der Waals surface area (Å²) in [4.78, 5) is 0. The van der Waals surface area contributed by atoms with Gasteiger partial charge < -0.3 is 9.43 Å². The third-order valence-corrected chi connectivity index (χ3v) is 4.19. The minimum absolute atomic E-state index is 0.565. The molecule has 5 nitrogen and oxygen atoms in total. The molecule has 22 heavy (non-hydrogen) atoms. The first-order valence-corrected chi connectivity index (χ1v) is 7.55. The van der Waals surface area contributed by atoms with E-state index in [2.05, 4.69) is 10.5 Å². The molecule has 0 aliphatic heterocycles. The Bertz CT molecular complexity index is 853. The van der Waals surface area contributed by atoms with E-state index in [-0.39, 0.29) is 0 Å². The van der Waals surface area contributed by atoms with Gasteiger partial charge in [-0.15, -0.1) is 0 Å². The highest BCUT2D eigenvalue weighted by Gasteiger charge is 2.23. The van der Waals surface area contributed by atoms with Gasteiger partial charge in [-0.25, -0.2) is 5.43 Å². The lowest BCUT2D eigenvalue weighted by Gasteiger charge is -2.15. The van der Waals surface area contributed by atoms with E-state index in [1.807, 2.05) is 39.0 Å². The second kappa shape index (κ2) is 5.50. The summed E-state index contributed by atoms with van der Waals surface area (Å²) in [6, 6.07) is 5.40. The molecular weight excluding hydrogens is 323 g/mol.